The van der Waals surface area contributed by atoms with Crippen molar-refractivity contribution in [2.24, 2.45) is 0 Å². The van der Waals surface area contributed by atoms with Crippen LogP contribution >= 0.6 is 35.0 Å². The molecule has 31 heavy (non-hydrogen) atoms. The van der Waals surface area contributed by atoms with E-state index in [1.54, 1.807) is 18.2 Å². The number of carbonyl (C=O) groups excluding carboxylic acids is 1. The summed E-state index contributed by atoms with van der Waals surface area (Å²) < 4.78 is 6.67. The van der Waals surface area contributed by atoms with Gasteiger partial charge in [-0.25, -0.2) is 4.68 Å². The van der Waals surface area contributed by atoms with Gasteiger partial charge in [-0.2, -0.15) is 0 Å². The summed E-state index contributed by atoms with van der Waals surface area (Å²) in [6, 6.07) is 12.8. The van der Waals surface area contributed by atoms with Crippen LogP contribution in [0.2, 0.25) is 10.0 Å². The van der Waals surface area contributed by atoms with Gasteiger partial charge in [0.25, 0.3) is 0 Å². The van der Waals surface area contributed by atoms with Crippen LogP contribution in [-0.4, -0.2) is 52.8 Å². The number of nitrogens with two attached hydrogens (primary N) is 1. The maximum Gasteiger partial charge on any atom is 0.234 e. The number of anilines is 2. The molecule has 2 aromatic carbocycles. The van der Waals surface area contributed by atoms with Crippen LogP contribution in [0.5, 0.6) is 0 Å². The van der Waals surface area contributed by atoms with Gasteiger partial charge in [-0.05, 0) is 42.5 Å². The number of carbonyl (C=O) groups is 1. The van der Waals surface area contributed by atoms with Gasteiger partial charge in [-0.1, -0.05) is 35.0 Å². The molecule has 11 heteroatoms. The lowest BCUT2D eigenvalue weighted by Gasteiger charge is -2.28. The molecule has 0 atom stereocenters. The molecule has 1 aliphatic heterocycles. The van der Waals surface area contributed by atoms with Gasteiger partial charge >= 0.3 is 0 Å². The van der Waals surface area contributed by atoms with E-state index in [9.17, 15) is 4.79 Å². The molecular weight excluding hydrogens is 459 g/mol. The maximum absolute atomic E-state index is 12.4. The molecule has 0 aliphatic carbocycles. The van der Waals surface area contributed by atoms with Crippen molar-refractivity contribution in [1.82, 2.24) is 14.9 Å². The van der Waals surface area contributed by atoms with E-state index < -0.39 is 0 Å². The summed E-state index contributed by atoms with van der Waals surface area (Å²) in [5.74, 6) is 6.43. The predicted molar refractivity (Wildman–Crippen MR) is 124 cm³/mol. The number of hydrogen-bond acceptors (Lipinski definition) is 7. The lowest BCUT2D eigenvalue weighted by Crippen LogP contribution is -2.36. The number of morpholine rings is 1. The summed E-state index contributed by atoms with van der Waals surface area (Å²) in [4.78, 5) is 14.6. The summed E-state index contributed by atoms with van der Waals surface area (Å²) in [5, 5.41) is 12.4. The first kappa shape index (κ1) is 21.8. The van der Waals surface area contributed by atoms with E-state index in [1.807, 2.05) is 24.3 Å². The molecule has 1 aromatic heterocycles. The zero-order chi connectivity index (χ0) is 21.8. The van der Waals surface area contributed by atoms with Gasteiger partial charge in [0.05, 0.1) is 24.0 Å². The average molecular weight is 479 g/mol. The third-order valence-corrected chi connectivity index (χ3v) is 6.20. The summed E-state index contributed by atoms with van der Waals surface area (Å²) in [6.45, 7) is 3.19. The fourth-order valence-electron chi connectivity index (χ4n) is 3.13. The monoisotopic (exact) mass is 478 g/mol. The van der Waals surface area contributed by atoms with Crippen molar-refractivity contribution in [3.8, 4) is 11.4 Å². The number of hydrogen-bond donors (Lipinski definition) is 2. The van der Waals surface area contributed by atoms with Crippen LogP contribution in [0, 0.1) is 0 Å². The fourth-order valence-corrected chi connectivity index (χ4v) is 4.16. The van der Waals surface area contributed by atoms with E-state index in [1.165, 1.54) is 16.4 Å². The second kappa shape index (κ2) is 9.78. The molecule has 1 fully saturated rings. The Kier molecular flexibility index (Phi) is 6.86. The number of nitrogens with one attached hydrogen (secondary N) is 1. The van der Waals surface area contributed by atoms with Crippen molar-refractivity contribution in [3.05, 3.63) is 52.5 Å². The summed E-state index contributed by atoms with van der Waals surface area (Å²) in [5.41, 5.74) is 2.41. The number of amides is 1. The highest BCUT2D eigenvalue weighted by Crippen LogP contribution is 2.30. The Labute approximate surface area is 193 Å². The SMILES string of the molecule is Nn1c(SCC(=O)Nc2ccc(N3CCOCC3)cc2)nnc1-c1cc(Cl)ccc1Cl. The topological polar surface area (TPSA) is 98.3 Å². The Hall–Kier alpha value is -2.46. The van der Waals surface area contributed by atoms with Crippen molar-refractivity contribution in [2.75, 3.05) is 48.1 Å². The van der Waals surface area contributed by atoms with Gasteiger partial charge in [0.2, 0.25) is 11.1 Å². The summed E-state index contributed by atoms with van der Waals surface area (Å²) in [6.07, 6.45) is 0. The van der Waals surface area contributed by atoms with E-state index in [4.69, 9.17) is 33.8 Å². The highest BCUT2D eigenvalue weighted by atomic mass is 35.5. The molecular formula is C20H20Cl2N6O2S. The number of aromatic nitrogens is 3. The minimum Gasteiger partial charge on any atom is -0.378 e. The van der Waals surface area contributed by atoms with E-state index in [0.29, 0.717) is 26.6 Å². The zero-order valence-corrected chi connectivity index (χ0v) is 18.8. The second-order valence-electron chi connectivity index (χ2n) is 6.78. The molecule has 1 aliphatic rings. The number of rotatable bonds is 6. The molecule has 1 amide bonds. The second-order valence-corrected chi connectivity index (χ2v) is 8.57. The molecule has 3 aromatic rings. The van der Waals surface area contributed by atoms with Gasteiger partial charge in [0.15, 0.2) is 5.82 Å². The molecule has 0 bridgehead atoms. The van der Waals surface area contributed by atoms with Crippen LogP contribution in [0.1, 0.15) is 0 Å². The number of nitrogen functional groups attached to an aromatic ring is 1. The van der Waals surface area contributed by atoms with Gasteiger partial charge in [0, 0.05) is 35.1 Å². The highest BCUT2D eigenvalue weighted by Gasteiger charge is 2.17. The highest BCUT2D eigenvalue weighted by molar-refractivity contribution is 7.99. The molecule has 0 radical (unpaired) electrons. The molecule has 162 valence electrons. The van der Waals surface area contributed by atoms with Crippen molar-refractivity contribution < 1.29 is 9.53 Å². The zero-order valence-electron chi connectivity index (χ0n) is 16.4. The fraction of sp³-hybridized carbons (Fsp3) is 0.250. The number of nitrogens with zero attached hydrogens (tertiary/aromatic N) is 4. The average Bonchev–Trinajstić information content (AvgIpc) is 3.15. The van der Waals surface area contributed by atoms with Gasteiger partial charge in [-0.15, -0.1) is 10.2 Å². The van der Waals surface area contributed by atoms with E-state index in [-0.39, 0.29) is 11.7 Å². The van der Waals surface area contributed by atoms with Crippen LogP contribution < -0.4 is 16.1 Å². The molecule has 0 unspecified atom stereocenters. The normalized spacial score (nSPS) is 13.9. The number of ether oxygens (including phenoxy) is 1. The Bertz CT molecular complexity index is 1070. The molecule has 8 nitrogen and oxygen atoms in total. The lowest BCUT2D eigenvalue weighted by atomic mass is 10.2. The van der Waals surface area contributed by atoms with E-state index >= 15 is 0 Å². The number of benzene rings is 2. The molecule has 0 saturated carbocycles. The maximum atomic E-state index is 12.4. The van der Waals surface area contributed by atoms with Crippen LogP contribution in [-0.2, 0) is 9.53 Å². The number of halogens is 2. The smallest absolute Gasteiger partial charge is 0.234 e. The lowest BCUT2D eigenvalue weighted by molar-refractivity contribution is -0.113. The number of thioether (sulfide) groups is 1. The first-order chi connectivity index (χ1) is 15.0. The van der Waals surface area contributed by atoms with Gasteiger partial charge < -0.3 is 20.8 Å². The third-order valence-electron chi connectivity index (χ3n) is 4.69. The van der Waals surface area contributed by atoms with Crippen LogP contribution in [0.3, 0.4) is 0 Å². The standard InChI is InChI=1S/C20H20Cl2N6O2S/c21-13-1-6-17(22)16(11-13)19-25-26-20(28(19)23)31-12-18(29)24-14-2-4-15(5-3-14)27-7-9-30-10-8-27/h1-6,11H,7-10,12,23H2,(H,24,29). The summed E-state index contributed by atoms with van der Waals surface area (Å²) >= 11 is 13.4. The van der Waals surface area contributed by atoms with Crippen LogP contribution in [0.4, 0.5) is 11.4 Å². The molecule has 4 rings (SSSR count). The molecule has 2 heterocycles. The summed E-state index contributed by atoms with van der Waals surface area (Å²) in [7, 11) is 0. The van der Waals surface area contributed by atoms with Crippen molar-refractivity contribution in [1.29, 1.82) is 0 Å². The van der Waals surface area contributed by atoms with E-state index in [2.05, 4.69) is 20.4 Å². The van der Waals surface area contributed by atoms with Crippen LogP contribution in [0.25, 0.3) is 11.4 Å². The first-order valence-electron chi connectivity index (χ1n) is 9.52. The minimum atomic E-state index is -0.172. The minimum absolute atomic E-state index is 0.129. The third kappa shape index (κ3) is 5.24. The molecule has 0 spiro atoms. The van der Waals surface area contributed by atoms with Crippen molar-refractivity contribution >= 4 is 52.2 Å². The van der Waals surface area contributed by atoms with Gasteiger partial charge in [-0.3, -0.25) is 4.79 Å². The molecule has 1 saturated heterocycles. The van der Waals surface area contributed by atoms with Crippen LogP contribution in [0.15, 0.2) is 47.6 Å². The Morgan fingerprint density at radius 1 is 1.13 bits per heavy atom. The largest absolute Gasteiger partial charge is 0.378 e. The molecule has 3 N–H and O–H groups in total. The Balaban J connectivity index is 1.35. The Morgan fingerprint density at radius 3 is 2.61 bits per heavy atom. The van der Waals surface area contributed by atoms with Crippen molar-refractivity contribution in [2.45, 2.75) is 5.16 Å². The van der Waals surface area contributed by atoms with Crippen molar-refractivity contribution in [3.63, 3.8) is 0 Å². The Morgan fingerprint density at radius 2 is 1.87 bits per heavy atom. The van der Waals surface area contributed by atoms with Gasteiger partial charge in [0.1, 0.15) is 0 Å². The van der Waals surface area contributed by atoms with E-state index in [0.717, 1.165) is 37.7 Å². The quantitative estimate of drug-likeness (QED) is 0.412. The first-order valence-corrected chi connectivity index (χ1v) is 11.3. The predicted octanol–water partition coefficient (Wildman–Crippen LogP) is 3.53.